The predicted octanol–water partition coefficient (Wildman–Crippen LogP) is 1.15. The highest BCUT2D eigenvalue weighted by Gasteiger charge is 2.41. The second-order valence-electron chi connectivity index (χ2n) is 6.26. The molecule has 2 aliphatic rings. The van der Waals surface area contributed by atoms with Crippen LogP contribution in [0.2, 0.25) is 10.0 Å². The highest BCUT2D eigenvalue weighted by molar-refractivity contribution is 7.88. The van der Waals surface area contributed by atoms with Crippen molar-refractivity contribution in [3.8, 4) is 0 Å². The third-order valence-electron chi connectivity index (χ3n) is 4.35. The minimum atomic E-state index is -3.17. The van der Waals surface area contributed by atoms with Crippen molar-refractivity contribution in [1.29, 1.82) is 0 Å². The van der Waals surface area contributed by atoms with Gasteiger partial charge in [-0.2, -0.15) is 5.43 Å². The number of guanidine groups is 1. The van der Waals surface area contributed by atoms with Gasteiger partial charge in [-0.1, -0.05) is 23.2 Å². The summed E-state index contributed by atoms with van der Waals surface area (Å²) in [5.74, 6) is -0.555. The van der Waals surface area contributed by atoms with Crippen LogP contribution in [0.5, 0.6) is 0 Å². The molecule has 0 aromatic heterocycles. The van der Waals surface area contributed by atoms with E-state index in [1.165, 1.54) is 10.6 Å². The summed E-state index contributed by atoms with van der Waals surface area (Å²) in [6, 6.07) is 5.08. The summed E-state index contributed by atoms with van der Waals surface area (Å²) in [6.45, 7) is 0.874. The van der Waals surface area contributed by atoms with Crippen molar-refractivity contribution < 1.29 is 8.42 Å². The predicted molar refractivity (Wildman–Crippen MR) is 99.9 cm³/mol. The molecule has 5 N–H and O–H groups in total. The van der Waals surface area contributed by atoms with Gasteiger partial charge in [0.05, 0.1) is 6.26 Å². The van der Waals surface area contributed by atoms with E-state index < -0.39 is 15.8 Å². The van der Waals surface area contributed by atoms with Crippen molar-refractivity contribution in [2.24, 2.45) is 16.6 Å². The summed E-state index contributed by atoms with van der Waals surface area (Å²) >= 11 is 12.0. The highest BCUT2D eigenvalue weighted by atomic mass is 35.5. The average molecular weight is 407 g/mol. The number of nitrogens with zero attached hydrogens (tertiary/aromatic N) is 2. The van der Waals surface area contributed by atoms with E-state index >= 15 is 0 Å². The lowest BCUT2D eigenvalue weighted by Crippen LogP contribution is -2.60. The number of rotatable bonds is 3. The van der Waals surface area contributed by atoms with Crippen LogP contribution in [0.15, 0.2) is 23.2 Å². The molecule has 0 amide bonds. The normalized spacial score (nSPS) is 25.5. The summed E-state index contributed by atoms with van der Waals surface area (Å²) in [7, 11) is -3.17. The lowest BCUT2D eigenvalue weighted by molar-refractivity contribution is 0.155. The Kier molecular flexibility index (Phi) is 5.16. The number of nitrogens with one attached hydrogen (secondary N) is 3. The lowest BCUT2D eigenvalue weighted by atomic mass is 9.91. The number of hydrogen-bond acceptors (Lipinski definition) is 7. The highest BCUT2D eigenvalue weighted by Crippen LogP contribution is 2.29. The molecular formula is C14H20Cl2N6O2S. The van der Waals surface area contributed by atoms with E-state index in [4.69, 9.17) is 28.9 Å². The van der Waals surface area contributed by atoms with E-state index in [2.05, 4.69) is 21.2 Å². The van der Waals surface area contributed by atoms with Gasteiger partial charge in [-0.15, -0.1) is 0 Å². The summed E-state index contributed by atoms with van der Waals surface area (Å²) in [5, 5.41) is 4.09. The zero-order chi connectivity index (χ0) is 18.2. The maximum Gasteiger partial charge on any atom is 0.213 e. The molecule has 1 aromatic carbocycles. The quantitative estimate of drug-likeness (QED) is 0.598. The van der Waals surface area contributed by atoms with Gasteiger partial charge in [-0.3, -0.25) is 11.2 Å². The van der Waals surface area contributed by atoms with Crippen LogP contribution in [0.25, 0.3) is 0 Å². The first kappa shape index (κ1) is 18.7. The summed E-state index contributed by atoms with van der Waals surface area (Å²) in [5.41, 5.74) is 13.0. The number of anilines is 1. The van der Waals surface area contributed by atoms with Crippen LogP contribution in [0, 0.1) is 5.92 Å². The second kappa shape index (κ2) is 6.90. The summed E-state index contributed by atoms with van der Waals surface area (Å²) in [6.07, 6.45) is 2.47. The Hall–Kier alpha value is -1.10. The van der Waals surface area contributed by atoms with Crippen LogP contribution >= 0.6 is 23.2 Å². The molecule has 0 radical (unpaired) electrons. The number of hydrogen-bond donors (Lipinski definition) is 4. The zero-order valence-corrected chi connectivity index (χ0v) is 15.9. The molecule has 0 spiro atoms. The molecule has 0 saturated carbocycles. The van der Waals surface area contributed by atoms with Gasteiger partial charge in [0.2, 0.25) is 16.0 Å². The van der Waals surface area contributed by atoms with Crippen LogP contribution in [0.4, 0.5) is 5.69 Å². The molecule has 1 unspecified atom stereocenters. The molecule has 11 heteroatoms. The van der Waals surface area contributed by atoms with Gasteiger partial charge in [-0.25, -0.2) is 17.7 Å². The first-order chi connectivity index (χ1) is 11.7. The number of nitrogens with two attached hydrogens (primary N) is 1. The van der Waals surface area contributed by atoms with E-state index in [1.54, 1.807) is 18.2 Å². The van der Waals surface area contributed by atoms with Gasteiger partial charge in [0.15, 0.2) is 5.79 Å². The Morgan fingerprint density at radius 1 is 1.28 bits per heavy atom. The van der Waals surface area contributed by atoms with Crippen LogP contribution in [0.3, 0.4) is 0 Å². The van der Waals surface area contributed by atoms with Crippen molar-refractivity contribution in [2.75, 3.05) is 24.7 Å². The number of hydrazine groups is 1. The fraction of sp³-hybridized carbons (Fsp3) is 0.500. The number of benzene rings is 1. The molecule has 3 rings (SSSR count). The Morgan fingerprint density at radius 2 is 1.88 bits per heavy atom. The first-order valence-corrected chi connectivity index (χ1v) is 10.4. The maximum atomic E-state index is 11.6. The molecule has 2 aliphatic heterocycles. The number of sulfonamides is 1. The standard InChI is InChI=1S/C14H20Cl2N6O2S/c1-25(23,24)22-4-2-9(3-5-22)14(17)19-13(20-21-14)18-12-7-10(15)6-11(16)8-12/h6-9,21H,2-5,17H2,1H3,(H2,18,19,20). The Balaban J connectivity index is 1.67. The average Bonchev–Trinajstić information content (AvgIpc) is 2.88. The van der Waals surface area contributed by atoms with Crippen LogP contribution in [-0.2, 0) is 10.0 Å². The van der Waals surface area contributed by atoms with Crippen LogP contribution < -0.4 is 21.9 Å². The molecule has 1 saturated heterocycles. The molecule has 1 atom stereocenters. The topological polar surface area (TPSA) is 112 Å². The lowest BCUT2D eigenvalue weighted by Gasteiger charge is -2.37. The monoisotopic (exact) mass is 406 g/mol. The Morgan fingerprint density at radius 3 is 2.44 bits per heavy atom. The fourth-order valence-electron chi connectivity index (χ4n) is 3.04. The molecule has 8 nitrogen and oxygen atoms in total. The molecule has 0 aliphatic carbocycles. The van der Waals surface area contributed by atoms with Crippen molar-refractivity contribution in [3.05, 3.63) is 28.2 Å². The molecule has 138 valence electrons. The molecule has 0 bridgehead atoms. The van der Waals surface area contributed by atoms with E-state index in [0.29, 0.717) is 47.6 Å². The van der Waals surface area contributed by atoms with Crippen LogP contribution in [-0.4, -0.2) is 43.8 Å². The minimum absolute atomic E-state index is 0.000231. The van der Waals surface area contributed by atoms with Gasteiger partial charge in [-0.05, 0) is 31.0 Å². The molecule has 1 aromatic rings. The first-order valence-electron chi connectivity index (χ1n) is 7.76. The van der Waals surface area contributed by atoms with Gasteiger partial charge in [0, 0.05) is 34.7 Å². The van der Waals surface area contributed by atoms with Crippen molar-refractivity contribution in [1.82, 2.24) is 15.2 Å². The SMILES string of the molecule is CS(=O)(=O)N1CCC(C2(N)N=C(Nc3cc(Cl)cc(Cl)c3)NN2)CC1. The summed E-state index contributed by atoms with van der Waals surface area (Å²) < 4.78 is 24.7. The van der Waals surface area contributed by atoms with Crippen molar-refractivity contribution in [3.63, 3.8) is 0 Å². The van der Waals surface area contributed by atoms with E-state index in [1.807, 2.05) is 0 Å². The van der Waals surface area contributed by atoms with E-state index in [9.17, 15) is 8.42 Å². The molecular weight excluding hydrogens is 387 g/mol. The summed E-state index contributed by atoms with van der Waals surface area (Å²) in [4.78, 5) is 4.49. The number of piperidine rings is 1. The van der Waals surface area contributed by atoms with Gasteiger partial charge < -0.3 is 5.32 Å². The molecule has 2 heterocycles. The van der Waals surface area contributed by atoms with Gasteiger partial charge in [0.1, 0.15) is 0 Å². The maximum absolute atomic E-state index is 11.6. The van der Waals surface area contributed by atoms with E-state index in [0.717, 1.165) is 0 Å². The van der Waals surface area contributed by atoms with Gasteiger partial charge >= 0.3 is 0 Å². The van der Waals surface area contributed by atoms with Crippen molar-refractivity contribution >= 4 is 44.9 Å². The number of halogens is 2. The molecule has 1 fully saturated rings. The Bertz CT molecular complexity index is 774. The zero-order valence-electron chi connectivity index (χ0n) is 13.6. The third kappa shape index (κ3) is 4.36. The minimum Gasteiger partial charge on any atom is -0.325 e. The second-order valence-corrected chi connectivity index (χ2v) is 9.11. The number of aliphatic imine (C=N–C) groups is 1. The smallest absolute Gasteiger partial charge is 0.213 e. The van der Waals surface area contributed by atoms with Crippen LogP contribution in [0.1, 0.15) is 12.8 Å². The largest absolute Gasteiger partial charge is 0.325 e. The van der Waals surface area contributed by atoms with Gasteiger partial charge in [0.25, 0.3) is 0 Å². The third-order valence-corrected chi connectivity index (χ3v) is 6.09. The molecule has 25 heavy (non-hydrogen) atoms. The Labute approximate surface area is 156 Å². The van der Waals surface area contributed by atoms with E-state index in [-0.39, 0.29) is 5.92 Å². The van der Waals surface area contributed by atoms with Crippen molar-refractivity contribution in [2.45, 2.75) is 18.6 Å². The fourth-order valence-corrected chi connectivity index (χ4v) is 4.44.